The van der Waals surface area contributed by atoms with Gasteiger partial charge < -0.3 is 4.42 Å². The third-order valence-electron chi connectivity index (χ3n) is 2.18. The summed E-state index contributed by atoms with van der Waals surface area (Å²) in [6.45, 7) is 1.77. The van der Waals surface area contributed by atoms with Gasteiger partial charge >= 0.3 is 0 Å². The fourth-order valence-corrected chi connectivity index (χ4v) is 1.30. The second-order valence-electron chi connectivity index (χ2n) is 3.73. The Hall–Kier alpha value is -2.83. The van der Waals surface area contributed by atoms with E-state index in [-0.39, 0.29) is 5.69 Å². The first-order valence-corrected chi connectivity index (χ1v) is 5.49. The molecule has 7 heteroatoms. The van der Waals surface area contributed by atoms with Crippen molar-refractivity contribution in [2.75, 3.05) is 0 Å². The van der Waals surface area contributed by atoms with Crippen molar-refractivity contribution >= 4 is 17.9 Å². The van der Waals surface area contributed by atoms with Gasteiger partial charge in [-0.2, -0.15) is 5.10 Å². The maximum absolute atomic E-state index is 11.5. The van der Waals surface area contributed by atoms with Crippen molar-refractivity contribution in [3.63, 3.8) is 0 Å². The number of rotatable bonds is 3. The lowest BCUT2D eigenvalue weighted by Crippen LogP contribution is -2.40. The Bertz CT molecular complexity index is 598. The summed E-state index contributed by atoms with van der Waals surface area (Å²) in [6.07, 6.45) is 4.23. The molecule has 0 aliphatic rings. The molecule has 0 aromatic carbocycles. The average molecular weight is 260 g/mol. The molecule has 2 amide bonds. The van der Waals surface area contributed by atoms with Gasteiger partial charge in [-0.25, -0.2) is 0 Å². The van der Waals surface area contributed by atoms with Crippen molar-refractivity contribution in [3.8, 4) is 0 Å². The van der Waals surface area contributed by atoms with Crippen LogP contribution in [-0.4, -0.2) is 22.0 Å². The van der Waals surface area contributed by atoms with E-state index in [9.17, 15) is 9.59 Å². The summed E-state index contributed by atoms with van der Waals surface area (Å²) in [5.74, 6) is -0.425. The number of carbonyl (C=O) groups excluding carboxylic acids is 2. The van der Waals surface area contributed by atoms with Gasteiger partial charge in [0.2, 0.25) is 0 Å². The number of hydrogen-bond acceptors (Lipinski definition) is 4. The SMILES string of the molecule is Cc1cc(C(=O)NNC(=O)C=Cc2ccco2)n[nH]1. The highest BCUT2D eigenvalue weighted by Crippen LogP contribution is 2.01. The maximum Gasteiger partial charge on any atom is 0.290 e. The van der Waals surface area contributed by atoms with E-state index >= 15 is 0 Å². The van der Waals surface area contributed by atoms with Crippen LogP contribution >= 0.6 is 0 Å². The molecule has 0 fully saturated rings. The van der Waals surface area contributed by atoms with Crippen LogP contribution in [0.1, 0.15) is 21.9 Å². The first-order chi connectivity index (χ1) is 9.15. The lowest BCUT2D eigenvalue weighted by molar-refractivity contribution is -0.117. The lowest BCUT2D eigenvalue weighted by Gasteiger charge is -2.02. The molecule has 0 radical (unpaired) electrons. The van der Waals surface area contributed by atoms with Crippen LogP contribution in [0, 0.1) is 6.92 Å². The molecule has 0 atom stereocenters. The summed E-state index contributed by atoms with van der Waals surface area (Å²) in [5, 5.41) is 6.39. The zero-order valence-corrected chi connectivity index (χ0v) is 10.1. The van der Waals surface area contributed by atoms with Gasteiger partial charge in [0.25, 0.3) is 11.8 Å². The van der Waals surface area contributed by atoms with Crippen LogP contribution in [0.5, 0.6) is 0 Å². The molecular weight excluding hydrogens is 248 g/mol. The number of hydrazine groups is 1. The predicted molar refractivity (Wildman–Crippen MR) is 66.7 cm³/mol. The third kappa shape index (κ3) is 3.56. The average Bonchev–Trinajstić information content (AvgIpc) is 3.04. The molecule has 0 bridgehead atoms. The molecular formula is C12H12N4O3. The third-order valence-corrected chi connectivity index (χ3v) is 2.18. The number of nitrogens with zero attached hydrogens (tertiary/aromatic N) is 1. The van der Waals surface area contributed by atoms with Crippen LogP contribution in [0.3, 0.4) is 0 Å². The zero-order valence-electron chi connectivity index (χ0n) is 10.1. The molecule has 2 aromatic rings. The zero-order chi connectivity index (χ0) is 13.7. The molecule has 0 aliphatic heterocycles. The molecule has 19 heavy (non-hydrogen) atoms. The van der Waals surface area contributed by atoms with Crippen molar-refractivity contribution in [1.29, 1.82) is 0 Å². The van der Waals surface area contributed by atoms with E-state index in [4.69, 9.17) is 4.42 Å². The first-order valence-electron chi connectivity index (χ1n) is 5.49. The molecule has 0 aliphatic carbocycles. The first kappa shape index (κ1) is 12.6. The smallest absolute Gasteiger partial charge is 0.290 e. The number of aromatic nitrogens is 2. The maximum atomic E-state index is 11.5. The molecule has 2 heterocycles. The van der Waals surface area contributed by atoms with Crippen LogP contribution in [0.25, 0.3) is 6.08 Å². The number of amides is 2. The largest absolute Gasteiger partial charge is 0.465 e. The Kier molecular flexibility index (Phi) is 3.77. The molecule has 0 spiro atoms. The van der Waals surface area contributed by atoms with E-state index < -0.39 is 11.8 Å². The number of hydrogen-bond donors (Lipinski definition) is 3. The summed E-state index contributed by atoms with van der Waals surface area (Å²) in [5.41, 5.74) is 5.43. The van der Waals surface area contributed by atoms with Gasteiger partial charge in [0.05, 0.1) is 6.26 Å². The minimum absolute atomic E-state index is 0.202. The number of nitrogens with one attached hydrogen (secondary N) is 3. The second kappa shape index (κ2) is 5.67. The highest BCUT2D eigenvalue weighted by Gasteiger charge is 2.09. The highest BCUT2D eigenvalue weighted by atomic mass is 16.3. The van der Waals surface area contributed by atoms with E-state index in [1.807, 2.05) is 0 Å². The molecule has 3 N–H and O–H groups in total. The minimum atomic E-state index is -0.496. The van der Waals surface area contributed by atoms with Crippen molar-refractivity contribution in [3.05, 3.63) is 47.7 Å². The number of carbonyl (C=O) groups is 2. The van der Waals surface area contributed by atoms with Crippen LogP contribution in [0.2, 0.25) is 0 Å². The summed E-state index contributed by atoms with van der Waals surface area (Å²) in [4.78, 5) is 22.9. The van der Waals surface area contributed by atoms with Crippen LogP contribution < -0.4 is 10.9 Å². The van der Waals surface area contributed by atoms with E-state index in [0.29, 0.717) is 5.76 Å². The van der Waals surface area contributed by atoms with Gasteiger partial charge in [-0.15, -0.1) is 0 Å². The van der Waals surface area contributed by atoms with Crippen molar-refractivity contribution < 1.29 is 14.0 Å². The highest BCUT2D eigenvalue weighted by molar-refractivity contribution is 5.96. The molecule has 0 unspecified atom stereocenters. The quantitative estimate of drug-likeness (QED) is 0.561. The minimum Gasteiger partial charge on any atom is -0.465 e. The van der Waals surface area contributed by atoms with Crippen molar-refractivity contribution in [1.82, 2.24) is 21.0 Å². The predicted octanol–water partition coefficient (Wildman–Crippen LogP) is 0.786. The van der Waals surface area contributed by atoms with E-state index in [2.05, 4.69) is 21.0 Å². The van der Waals surface area contributed by atoms with Crippen molar-refractivity contribution in [2.24, 2.45) is 0 Å². The molecule has 0 saturated heterocycles. The van der Waals surface area contributed by atoms with Crippen LogP contribution in [0.15, 0.2) is 35.0 Å². The van der Waals surface area contributed by atoms with Crippen LogP contribution in [-0.2, 0) is 4.79 Å². The fraction of sp³-hybridized carbons (Fsp3) is 0.0833. The van der Waals surface area contributed by atoms with Gasteiger partial charge in [-0.05, 0) is 31.2 Å². The Balaban J connectivity index is 1.82. The topological polar surface area (TPSA) is 100 Å². The normalized spacial score (nSPS) is 10.6. The summed E-state index contributed by atoms with van der Waals surface area (Å²) < 4.78 is 5.01. The molecule has 7 nitrogen and oxygen atoms in total. The Morgan fingerprint density at radius 3 is 2.89 bits per heavy atom. The standard InChI is InChI=1S/C12H12N4O3/c1-8-7-10(14-13-8)12(18)16-15-11(17)5-4-9-3-2-6-19-9/h2-7H,1H3,(H,13,14)(H,15,17)(H,16,18). The lowest BCUT2D eigenvalue weighted by atomic mass is 10.3. The Morgan fingerprint density at radius 1 is 1.42 bits per heavy atom. The van der Waals surface area contributed by atoms with E-state index in [0.717, 1.165) is 5.69 Å². The number of aryl methyl sites for hydroxylation is 1. The number of aromatic amines is 1. The van der Waals surface area contributed by atoms with Gasteiger partial charge in [-0.3, -0.25) is 25.5 Å². The van der Waals surface area contributed by atoms with Crippen LogP contribution in [0.4, 0.5) is 0 Å². The van der Waals surface area contributed by atoms with E-state index in [1.54, 1.807) is 25.1 Å². The summed E-state index contributed by atoms with van der Waals surface area (Å²) in [6, 6.07) is 4.98. The van der Waals surface area contributed by atoms with Crippen molar-refractivity contribution in [2.45, 2.75) is 6.92 Å². The van der Waals surface area contributed by atoms with Gasteiger partial charge in [0, 0.05) is 11.8 Å². The summed E-state index contributed by atoms with van der Waals surface area (Å²) >= 11 is 0. The van der Waals surface area contributed by atoms with Gasteiger partial charge in [0.15, 0.2) is 5.69 Å². The molecule has 2 aromatic heterocycles. The second-order valence-corrected chi connectivity index (χ2v) is 3.73. The Morgan fingerprint density at radius 2 is 2.26 bits per heavy atom. The van der Waals surface area contributed by atoms with Gasteiger partial charge in [0.1, 0.15) is 5.76 Å². The summed E-state index contributed by atoms with van der Waals surface area (Å²) in [7, 11) is 0. The van der Waals surface area contributed by atoms with Gasteiger partial charge in [-0.1, -0.05) is 0 Å². The number of H-pyrrole nitrogens is 1. The fourth-order valence-electron chi connectivity index (χ4n) is 1.30. The molecule has 98 valence electrons. The molecule has 0 saturated carbocycles. The Labute approximate surface area is 108 Å². The molecule has 2 rings (SSSR count). The number of furan rings is 1. The monoisotopic (exact) mass is 260 g/mol. The van der Waals surface area contributed by atoms with E-state index in [1.165, 1.54) is 18.4 Å².